The van der Waals surface area contributed by atoms with Gasteiger partial charge in [-0.25, -0.2) is 0 Å². The molecule has 0 heterocycles. The molecular formula is C17H19NO3. The van der Waals surface area contributed by atoms with Gasteiger partial charge in [0.2, 0.25) is 0 Å². The lowest BCUT2D eigenvalue weighted by Crippen LogP contribution is -2.11. The molecule has 4 heteroatoms. The van der Waals surface area contributed by atoms with Crippen LogP contribution in [0, 0.1) is 0 Å². The molecule has 0 saturated heterocycles. The van der Waals surface area contributed by atoms with Crippen LogP contribution >= 0.6 is 0 Å². The van der Waals surface area contributed by atoms with Gasteiger partial charge in [0, 0.05) is 11.3 Å². The molecule has 2 aromatic carbocycles. The number of amides is 1. The number of anilines is 1. The van der Waals surface area contributed by atoms with E-state index in [2.05, 4.69) is 19.2 Å². The Morgan fingerprint density at radius 3 is 2.33 bits per heavy atom. The maximum absolute atomic E-state index is 12.1. The molecule has 0 bridgehead atoms. The van der Waals surface area contributed by atoms with Crippen LogP contribution in [0.4, 0.5) is 5.69 Å². The maximum Gasteiger partial charge on any atom is 0.255 e. The van der Waals surface area contributed by atoms with Gasteiger partial charge >= 0.3 is 0 Å². The Bertz CT molecular complexity index is 633. The topological polar surface area (TPSA) is 58.6 Å². The molecule has 0 aliphatic heterocycles. The van der Waals surface area contributed by atoms with Crippen LogP contribution in [0.15, 0.2) is 42.5 Å². The monoisotopic (exact) mass is 285 g/mol. The van der Waals surface area contributed by atoms with Crippen LogP contribution in [0.3, 0.4) is 0 Å². The SMILES string of the molecule is COc1ccc(C(=O)Nc2ccc(C(C)C)cc2)cc1O. The number of methoxy groups -OCH3 is 1. The molecule has 0 atom stereocenters. The molecule has 0 aliphatic rings. The lowest BCUT2D eigenvalue weighted by Gasteiger charge is -2.09. The smallest absolute Gasteiger partial charge is 0.255 e. The fourth-order valence-corrected chi connectivity index (χ4v) is 1.99. The van der Waals surface area contributed by atoms with E-state index in [4.69, 9.17) is 4.74 Å². The molecular weight excluding hydrogens is 266 g/mol. The number of carbonyl (C=O) groups is 1. The first-order chi connectivity index (χ1) is 10.0. The van der Waals surface area contributed by atoms with Crippen molar-refractivity contribution in [3.8, 4) is 11.5 Å². The van der Waals surface area contributed by atoms with Crippen molar-refractivity contribution in [2.24, 2.45) is 0 Å². The third-order valence-electron chi connectivity index (χ3n) is 3.28. The molecule has 2 N–H and O–H groups in total. The molecule has 0 spiro atoms. The number of phenols is 1. The van der Waals surface area contributed by atoms with E-state index in [1.54, 1.807) is 12.1 Å². The van der Waals surface area contributed by atoms with Crippen molar-refractivity contribution < 1.29 is 14.6 Å². The summed E-state index contributed by atoms with van der Waals surface area (Å²) in [6, 6.07) is 12.3. The molecule has 0 radical (unpaired) electrons. The second-order valence-electron chi connectivity index (χ2n) is 5.12. The van der Waals surface area contributed by atoms with Crippen LogP contribution in [-0.2, 0) is 0 Å². The standard InChI is InChI=1S/C17H19NO3/c1-11(2)12-4-7-14(8-5-12)18-17(20)13-6-9-16(21-3)15(19)10-13/h4-11,19H,1-3H3,(H,18,20). The van der Waals surface area contributed by atoms with E-state index in [0.29, 0.717) is 17.2 Å². The summed E-state index contributed by atoms with van der Waals surface area (Å²) in [5.74, 6) is 0.465. The first kappa shape index (κ1) is 14.9. The molecule has 21 heavy (non-hydrogen) atoms. The van der Waals surface area contributed by atoms with E-state index in [9.17, 15) is 9.90 Å². The quantitative estimate of drug-likeness (QED) is 0.898. The predicted octanol–water partition coefficient (Wildman–Crippen LogP) is 3.78. The van der Waals surface area contributed by atoms with Gasteiger partial charge in [-0.2, -0.15) is 0 Å². The molecule has 0 aromatic heterocycles. The largest absolute Gasteiger partial charge is 0.504 e. The summed E-state index contributed by atoms with van der Waals surface area (Å²) in [6.45, 7) is 4.24. The third-order valence-corrected chi connectivity index (χ3v) is 3.28. The Kier molecular flexibility index (Phi) is 4.48. The molecule has 0 aliphatic carbocycles. The lowest BCUT2D eigenvalue weighted by molar-refractivity contribution is 0.102. The zero-order chi connectivity index (χ0) is 15.4. The average molecular weight is 285 g/mol. The molecule has 2 aromatic rings. The number of rotatable bonds is 4. The second-order valence-corrected chi connectivity index (χ2v) is 5.12. The van der Waals surface area contributed by atoms with Gasteiger partial charge in [0.1, 0.15) is 0 Å². The van der Waals surface area contributed by atoms with E-state index in [1.165, 1.54) is 18.7 Å². The summed E-state index contributed by atoms with van der Waals surface area (Å²) < 4.78 is 4.95. The van der Waals surface area contributed by atoms with Gasteiger partial charge in [-0.3, -0.25) is 4.79 Å². The van der Waals surface area contributed by atoms with Crippen LogP contribution in [0.25, 0.3) is 0 Å². The van der Waals surface area contributed by atoms with Gasteiger partial charge in [-0.05, 0) is 41.8 Å². The number of hydrogen-bond donors (Lipinski definition) is 2. The Labute approximate surface area is 124 Å². The molecule has 0 saturated carbocycles. The van der Waals surface area contributed by atoms with Gasteiger partial charge in [-0.15, -0.1) is 0 Å². The fraction of sp³-hybridized carbons (Fsp3) is 0.235. The van der Waals surface area contributed by atoms with E-state index >= 15 is 0 Å². The number of carbonyl (C=O) groups excluding carboxylic acids is 1. The molecule has 4 nitrogen and oxygen atoms in total. The van der Waals surface area contributed by atoms with Crippen LogP contribution < -0.4 is 10.1 Å². The van der Waals surface area contributed by atoms with Gasteiger partial charge in [0.05, 0.1) is 7.11 Å². The zero-order valence-corrected chi connectivity index (χ0v) is 12.4. The van der Waals surface area contributed by atoms with Gasteiger partial charge in [-0.1, -0.05) is 26.0 Å². The maximum atomic E-state index is 12.1. The normalized spacial score (nSPS) is 10.5. The summed E-state index contributed by atoms with van der Waals surface area (Å²) in [5.41, 5.74) is 2.32. The van der Waals surface area contributed by atoms with Crippen molar-refractivity contribution >= 4 is 11.6 Å². The Balaban J connectivity index is 2.12. The molecule has 110 valence electrons. The van der Waals surface area contributed by atoms with Crippen molar-refractivity contribution in [1.29, 1.82) is 0 Å². The predicted molar refractivity (Wildman–Crippen MR) is 83.1 cm³/mol. The first-order valence-corrected chi connectivity index (χ1v) is 6.79. The summed E-state index contributed by atoms with van der Waals surface area (Å²) in [5, 5.41) is 12.5. The van der Waals surface area contributed by atoms with Crippen molar-refractivity contribution in [2.45, 2.75) is 19.8 Å². The van der Waals surface area contributed by atoms with Crippen molar-refractivity contribution in [2.75, 3.05) is 12.4 Å². The Morgan fingerprint density at radius 1 is 1.14 bits per heavy atom. The van der Waals surface area contributed by atoms with E-state index in [0.717, 1.165) is 5.69 Å². The highest BCUT2D eigenvalue weighted by molar-refractivity contribution is 6.04. The number of aromatic hydroxyl groups is 1. The van der Waals surface area contributed by atoms with Crippen LogP contribution in [0.1, 0.15) is 35.7 Å². The average Bonchev–Trinajstić information content (AvgIpc) is 2.47. The zero-order valence-electron chi connectivity index (χ0n) is 12.4. The fourth-order valence-electron chi connectivity index (χ4n) is 1.99. The summed E-state index contributed by atoms with van der Waals surface area (Å²) in [4.78, 5) is 12.1. The van der Waals surface area contributed by atoms with Crippen molar-refractivity contribution in [1.82, 2.24) is 0 Å². The van der Waals surface area contributed by atoms with Gasteiger partial charge in [0.15, 0.2) is 11.5 Å². The molecule has 0 unspecified atom stereocenters. The van der Waals surface area contributed by atoms with Gasteiger partial charge in [0.25, 0.3) is 5.91 Å². The lowest BCUT2D eigenvalue weighted by atomic mass is 10.0. The highest BCUT2D eigenvalue weighted by Gasteiger charge is 2.10. The summed E-state index contributed by atoms with van der Waals surface area (Å²) >= 11 is 0. The van der Waals surface area contributed by atoms with E-state index in [1.807, 2.05) is 24.3 Å². The molecule has 2 rings (SSSR count). The Morgan fingerprint density at radius 2 is 1.81 bits per heavy atom. The number of hydrogen-bond acceptors (Lipinski definition) is 3. The Hall–Kier alpha value is -2.49. The molecule has 0 fully saturated rings. The van der Waals surface area contributed by atoms with E-state index < -0.39 is 0 Å². The van der Waals surface area contributed by atoms with E-state index in [-0.39, 0.29) is 11.7 Å². The minimum atomic E-state index is -0.273. The van der Waals surface area contributed by atoms with Crippen LogP contribution in [-0.4, -0.2) is 18.1 Å². The summed E-state index contributed by atoms with van der Waals surface area (Å²) in [7, 11) is 1.46. The minimum Gasteiger partial charge on any atom is -0.504 e. The van der Waals surface area contributed by atoms with Gasteiger partial charge < -0.3 is 15.2 Å². The second kappa shape index (κ2) is 6.31. The van der Waals surface area contributed by atoms with Crippen LogP contribution in [0.5, 0.6) is 11.5 Å². The summed E-state index contributed by atoms with van der Waals surface area (Å²) in [6.07, 6.45) is 0. The third kappa shape index (κ3) is 3.54. The first-order valence-electron chi connectivity index (χ1n) is 6.79. The number of phenolic OH excluding ortho intramolecular Hbond substituents is 1. The van der Waals surface area contributed by atoms with Crippen LogP contribution in [0.2, 0.25) is 0 Å². The van der Waals surface area contributed by atoms with Crippen molar-refractivity contribution in [3.05, 3.63) is 53.6 Å². The number of benzene rings is 2. The van der Waals surface area contributed by atoms with Crippen molar-refractivity contribution in [3.63, 3.8) is 0 Å². The number of ether oxygens (including phenoxy) is 1. The minimum absolute atomic E-state index is 0.0553. The molecule has 1 amide bonds. The highest BCUT2D eigenvalue weighted by atomic mass is 16.5. The number of nitrogens with one attached hydrogen (secondary N) is 1. The highest BCUT2D eigenvalue weighted by Crippen LogP contribution is 2.26.